The van der Waals surface area contributed by atoms with Crippen molar-refractivity contribution in [2.24, 2.45) is 11.8 Å². The van der Waals surface area contributed by atoms with Gasteiger partial charge in [-0.05, 0) is 56.4 Å². The van der Waals surface area contributed by atoms with Gasteiger partial charge in [0.1, 0.15) is 0 Å². The molecule has 1 unspecified atom stereocenters. The summed E-state index contributed by atoms with van der Waals surface area (Å²) in [5.74, 6) is 0.343. The Morgan fingerprint density at radius 3 is 2.73 bits per heavy atom. The van der Waals surface area contributed by atoms with Crippen molar-refractivity contribution in [3.05, 3.63) is 47.3 Å². The molecule has 0 aliphatic carbocycles. The van der Waals surface area contributed by atoms with Gasteiger partial charge in [-0.3, -0.25) is 9.48 Å². The molecule has 1 saturated heterocycles. The average molecular weight is 412 g/mol. The van der Waals surface area contributed by atoms with Gasteiger partial charge in [-0.25, -0.2) is 4.79 Å². The molecule has 30 heavy (non-hydrogen) atoms. The molecule has 7 nitrogen and oxygen atoms in total. The van der Waals surface area contributed by atoms with Crippen molar-refractivity contribution in [1.82, 2.24) is 20.0 Å². The molecule has 3 rings (SSSR count). The van der Waals surface area contributed by atoms with E-state index in [2.05, 4.69) is 21.8 Å². The normalized spacial score (nSPS) is 16.6. The van der Waals surface area contributed by atoms with Crippen molar-refractivity contribution in [2.45, 2.75) is 47.1 Å². The molecule has 1 aliphatic rings. The largest absolute Gasteiger partial charge is 0.356 e. The summed E-state index contributed by atoms with van der Waals surface area (Å²) >= 11 is 0. The van der Waals surface area contributed by atoms with E-state index < -0.39 is 0 Å². The van der Waals surface area contributed by atoms with E-state index in [0.717, 1.165) is 42.0 Å². The van der Waals surface area contributed by atoms with E-state index in [9.17, 15) is 9.59 Å². The Morgan fingerprint density at radius 2 is 2.03 bits per heavy atom. The molecule has 1 aromatic heterocycles. The number of aryl methyl sites for hydroxylation is 2. The first kappa shape index (κ1) is 21.9. The van der Waals surface area contributed by atoms with Gasteiger partial charge in [0.05, 0.1) is 12.2 Å². The second-order valence-electron chi connectivity index (χ2n) is 8.57. The molecule has 3 amide bonds. The van der Waals surface area contributed by atoms with Gasteiger partial charge in [0, 0.05) is 36.9 Å². The number of carbonyl (C=O) groups excluding carboxylic acids is 2. The minimum Gasteiger partial charge on any atom is -0.356 e. The lowest BCUT2D eigenvalue weighted by atomic mass is 9.98. The molecule has 0 bridgehead atoms. The summed E-state index contributed by atoms with van der Waals surface area (Å²) < 4.78 is 1.97. The Balaban J connectivity index is 1.56. The number of nitrogens with one attached hydrogen (secondary N) is 2. The zero-order chi connectivity index (χ0) is 21.7. The number of hydrogen-bond acceptors (Lipinski definition) is 3. The summed E-state index contributed by atoms with van der Waals surface area (Å²) in [7, 11) is 0. The smallest absolute Gasteiger partial charge is 0.321 e. The van der Waals surface area contributed by atoms with E-state index >= 15 is 0 Å². The Kier molecular flexibility index (Phi) is 7.13. The van der Waals surface area contributed by atoms with Crippen LogP contribution in [0.15, 0.2) is 30.3 Å². The van der Waals surface area contributed by atoms with Crippen molar-refractivity contribution in [1.29, 1.82) is 0 Å². The Labute approximate surface area is 178 Å². The molecular formula is C23H33N5O2. The SMILES string of the molecule is Cc1cc(C)n(Cc2cccc(NC(=O)N3CCCC(CNC(=O)C(C)C)C3)c2)n1. The van der Waals surface area contributed by atoms with Gasteiger partial charge < -0.3 is 15.5 Å². The molecule has 1 aromatic carbocycles. The maximum Gasteiger partial charge on any atom is 0.321 e. The van der Waals surface area contributed by atoms with Crippen LogP contribution in [0, 0.1) is 25.7 Å². The number of anilines is 1. The van der Waals surface area contributed by atoms with Gasteiger partial charge in [0.2, 0.25) is 5.91 Å². The fourth-order valence-corrected chi connectivity index (χ4v) is 3.82. The number of aromatic nitrogens is 2. The Hall–Kier alpha value is -2.83. The first-order valence-electron chi connectivity index (χ1n) is 10.8. The highest BCUT2D eigenvalue weighted by Gasteiger charge is 2.24. The van der Waals surface area contributed by atoms with Crippen LogP contribution in [0.3, 0.4) is 0 Å². The molecule has 2 heterocycles. The van der Waals surface area contributed by atoms with Crippen LogP contribution < -0.4 is 10.6 Å². The lowest BCUT2D eigenvalue weighted by Crippen LogP contribution is -2.45. The van der Waals surface area contributed by atoms with Gasteiger partial charge in [-0.2, -0.15) is 5.10 Å². The van der Waals surface area contributed by atoms with Gasteiger partial charge in [-0.1, -0.05) is 26.0 Å². The van der Waals surface area contributed by atoms with E-state index in [1.807, 2.05) is 61.5 Å². The monoisotopic (exact) mass is 411 g/mol. The summed E-state index contributed by atoms with van der Waals surface area (Å²) in [6.07, 6.45) is 1.98. The molecule has 1 atom stereocenters. The van der Waals surface area contributed by atoms with Gasteiger partial charge in [-0.15, -0.1) is 0 Å². The van der Waals surface area contributed by atoms with Gasteiger partial charge in [0.25, 0.3) is 0 Å². The number of rotatable bonds is 6. The molecule has 7 heteroatoms. The van der Waals surface area contributed by atoms with E-state index in [4.69, 9.17) is 0 Å². The van der Waals surface area contributed by atoms with Crippen LogP contribution in [-0.4, -0.2) is 46.3 Å². The van der Waals surface area contributed by atoms with Crippen LogP contribution in [0.2, 0.25) is 0 Å². The van der Waals surface area contributed by atoms with Crippen LogP contribution in [0.5, 0.6) is 0 Å². The predicted molar refractivity (Wildman–Crippen MR) is 118 cm³/mol. The third-order valence-electron chi connectivity index (χ3n) is 5.51. The van der Waals surface area contributed by atoms with Crippen molar-refractivity contribution < 1.29 is 9.59 Å². The van der Waals surface area contributed by atoms with Crippen LogP contribution in [0.1, 0.15) is 43.6 Å². The highest BCUT2D eigenvalue weighted by molar-refractivity contribution is 5.89. The standard InChI is InChI=1S/C23H33N5O2/c1-16(2)22(29)24-13-20-8-6-10-27(14-20)23(30)25-21-9-5-7-19(12-21)15-28-18(4)11-17(3)26-28/h5,7,9,11-12,16,20H,6,8,10,13-15H2,1-4H3,(H,24,29)(H,25,30). The van der Waals surface area contributed by atoms with Crippen molar-refractivity contribution in [3.8, 4) is 0 Å². The number of urea groups is 1. The molecule has 0 spiro atoms. The third-order valence-corrected chi connectivity index (χ3v) is 5.51. The molecule has 1 fully saturated rings. The number of benzene rings is 1. The van der Waals surface area contributed by atoms with Crippen LogP contribution in [0.25, 0.3) is 0 Å². The van der Waals surface area contributed by atoms with Crippen LogP contribution >= 0.6 is 0 Å². The zero-order valence-corrected chi connectivity index (χ0v) is 18.4. The topological polar surface area (TPSA) is 79.3 Å². The minimum atomic E-state index is -0.0850. The predicted octanol–water partition coefficient (Wildman–Crippen LogP) is 3.56. The van der Waals surface area contributed by atoms with E-state index in [1.165, 1.54) is 0 Å². The number of carbonyl (C=O) groups is 2. The maximum atomic E-state index is 12.8. The zero-order valence-electron chi connectivity index (χ0n) is 18.4. The van der Waals surface area contributed by atoms with Crippen LogP contribution in [-0.2, 0) is 11.3 Å². The summed E-state index contributed by atoms with van der Waals surface area (Å²) in [5.41, 5.74) is 3.99. The summed E-state index contributed by atoms with van der Waals surface area (Å²) in [6, 6.07) is 9.88. The molecule has 2 aromatic rings. The Bertz CT molecular complexity index is 889. The summed E-state index contributed by atoms with van der Waals surface area (Å²) in [6.45, 7) is 10.5. The highest BCUT2D eigenvalue weighted by atomic mass is 16.2. The fraction of sp³-hybridized carbons (Fsp3) is 0.522. The number of amides is 3. The quantitative estimate of drug-likeness (QED) is 0.763. The van der Waals surface area contributed by atoms with Crippen molar-refractivity contribution >= 4 is 17.6 Å². The molecular weight excluding hydrogens is 378 g/mol. The molecule has 0 saturated carbocycles. The highest BCUT2D eigenvalue weighted by Crippen LogP contribution is 2.19. The first-order chi connectivity index (χ1) is 14.3. The van der Waals surface area contributed by atoms with Crippen molar-refractivity contribution in [2.75, 3.05) is 25.0 Å². The van der Waals surface area contributed by atoms with Gasteiger partial charge >= 0.3 is 6.03 Å². The lowest BCUT2D eigenvalue weighted by Gasteiger charge is -2.33. The second-order valence-corrected chi connectivity index (χ2v) is 8.57. The maximum absolute atomic E-state index is 12.8. The minimum absolute atomic E-state index is 0.0188. The number of nitrogens with zero attached hydrogens (tertiary/aromatic N) is 3. The fourth-order valence-electron chi connectivity index (χ4n) is 3.82. The molecule has 0 radical (unpaired) electrons. The molecule has 1 aliphatic heterocycles. The molecule has 162 valence electrons. The van der Waals surface area contributed by atoms with E-state index in [-0.39, 0.29) is 17.9 Å². The van der Waals surface area contributed by atoms with E-state index in [0.29, 0.717) is 25.6 Å². The summed E-state index contributed by atoms with van der Waals surface area (Å²) in [4.78, 5) is 26.5. The molecule has 2 N–H and O–H groups in total. The van der Waals surface area contributed by atoms with Gasteiger partial charge in [0.15, 0.2) is 0 Å². The van der Waals surface area contributed by atoms with Crippen LogP contribution in [0.4, 0.5) is 10.5 Å². The third kappa shape index (κ3) is 5.84. The van der Waals surface area contributed by atoms with Crippen molar-refractivity contribution in [3.63, 3.8) is 0 Å². The number of hydrogen-bond donors (Lipinski definition) is 2. The lowest BCUT2D eigenvalue weighted by molar-refractivity contribution is -0.124. The first-order valence-corrected chi connectivity index (χ1v) is 10.8. The van der Waals surface area contributed by atoms with E-state index in [1.54, 1.807) is 0 Å². The second kappa shape index (κ2) is 9.78. The average Bonchev–Trinajstić information content (AvgIpc) is 3.03. The number of likely N-dealkylation sites (tertiary alicyclic amines) is 1. The summed E-state index contributed by atoms with van der Waals surface area (Å²) in [5, 5.41) is 10.5. The Morgan fingerprint density at radius 1 is 1.23 bits per heavy atom. The number of piperidine rings is 1.